The highest BCUT2D eigenvalue weighted by molar-refractivity contribution is 5.95. The summed E-state index contributed by atoms with van der Waals surface area (Å²) in [5.74, 6) is -3.54. The van der Waals surface area contributed by atoms with E-state index in [0.29, 0.717) is 0 Å². The summed E-state index contributed by atoms with van der Waals surface area (Å²) in [5, 5.41) is 11.3. The number of halogens is 3. The number of hydrogen-bond donors (Lipinski definition) is 2. The van der Waals surface area contributed by atoms with Gasteiger partial charge in [0.25, 0.3) is 0 Å². The Kier molecular flexibility index (Phi) is 3.41. The molecule has 19 heavy (non-hydrogen) atoms. The lowest BCUT2D eigenvalue weighted by molar-refractivity contribution is 0.0697. The topological polar surface area (TPSA) is 49.3 Å². The molecule has 0 radical (unpaired) electrons. The lowest BCUT2D eigenvalue weighted by Gasteiger charge is -2.10. The van der Waals surface area contributed by atoms with Crippen molar-refractivity contribution in [3.63, 3.8) is 0 Å². The van der Waals surface area contributed by atoms with Crippen molar-refractivity contribution in [2.75, 3.05) is 5.32 Å². The number of carbonyl (C=O) groups is 1. The number of rotatable bonds is 3. The second-order valence-corrected chi connectivity index (χ2v) is 3.74. The third kappa shape index (κ3) is 2.85. The number of nitrogens with one attached hydrogen (secondary N) is 1. The third-order valence-corrected chi connectivity index (χ3v) is 2.41. The first-order valence-electron chi connectivity index (χ1n) is 5.22. The molecule has 0 aromatic heterocycles. The Bertz CT molecular complexity index is 644. The molecule has 3 nitrogen and oxygen atoms in total. The normalized spacial score (nSPS) is 10.3. The lowest BCUT2D eigenvalue weighted by atomic mass is 10.1. The van der Waals surface area contributed by atoms with E-state index in [0.717, 1.165) is 36.4 Å². The van der Waals surface area contributed by atoms with E-state index in [4.69, 9.17) is 5.11 Å². The summed E-state index contributed by atoms with van der Waals surface area (Å²) in [6.45, 7) is 0. The van der Waals surface area contributed by atoms with Crippen LogP contribution in [0.3, 0.4) is 0 Å². The lowest BCUT2D eigenvalue weighted by Crippen LogP contribution is -2.04. The molecule has 2 aromatic carbocycles. The fourth-order valence-corrected chi connectivity index (χ4v) is 1.54. The zero-order chi connectivity index (χ0) is 14.0. The van der Waals surface area contributed by atoms with Crippen LogP contribution in [0.25, 0.3) is 0 Å². The van der Waals surface area contributed by atoms with Crippen LogP contribution in [0.15, 0.2) is 36.4 Å². The number of aromatic carboxylic acids is 1. The van der Waals surface area contributed by atoms with E-state index in [9.17, 15) is 18.0 Å². The van der Waals surface area contributed by atoms with Crippen LogP contribution in [-0.2, 0) is 0 Å². The van der Waals surface area contributed by atoms with Crippen LogP contribution >= 0.6 is 0 Å². The molecule has 0 atom stereocenters. The monoisotopic (exact) mass is 267 g/mol. The van der Waals surface area contributed by atoms with Gasteiger partial charge < -0.3 is 10.4 Å². The molecule has 0 spiro atoms. The highest BCUT2D eigenvalue weighted by Gasteiger charge is 2.13. The van der Waals surface area contributed by atoms with Crippen molar-refractivity contribution in [3.8, 4) is 0 Å². The van der Waals surface area contributed by atoms with Gasteiger partial charge in [-0.2, -0.15) is 0 Å². The minimum Gasteiger partial charge on any atom is -0.478 e. The molecule has 0 unspecified atom stereocenters. The van der Waals surface area contributed by atoms with E-state index in [-0.39, 0.29) is 16.9 Å². The standard InChI is InChI=1S/C13H8F3NO2/c14-7-2-4-11(9(5-7)13(18)19)17-12-6-8(15)1-3-10(12)16/h1-6,17H,(H,18,19). The molecule has 2 rings (SSSR count). The molecule has 0 saturated heterocycles. The summed E-state index contributed by atoms with van der Waals surface area (Å²) in [4.78, 5) is 10.9. The first-order chi connectivity index (χ1) is 8.97. The predicted octanol–water partition coefficient (Wildman–Crippen LogP) is 3.55. The number of carboxylic acids is 1. The molecular weight excluding hydrogens is 259 g/mol. The van der Waals surface area contributed by atoms with E-state index < -0.39 is 23.4 Å². The quantitative estimate of drug-likeness (QED) is 0.894. The Morgan fingerprint density at radius 2 is 1.58 bits per heavy atom. The third-order valence-electron chi connectivity index (χ3n) is 2.41. The van der Waals surface area contributed by atoms with Crippen molar-refractivity contribution in [1.82, 2.24) is 0 Å². The minimum atomic E-state index is -1.38. The average Bonchev–Trinajstić information content (AvgIpc) is 2.35. The Morgan fingerprint density at radius 1 is 0.947 bits per heavy atom. The number of hydrogen-bond acceptors (Lipinski definition) is 2. The SMILES string of the molecule is O=C(O)c1cc(F)ccc1Nc1cc(F)ccc1F. The van der Waals surface area contributed by atoms with Gasteiger partial charge in [0, 0.05) is 6.07 Å². The molecule has 0 amide bonds. The van der Waals surface area contributed by atoms with Crippen LogP contribution in [0.2, 0.25) is 0 Å². The van der Waals surface area contributed by atoms with Crippen molar-refractivity contribution in [2.24, 2.45) is 0 Å². The summed E-state index contributed by atoms with van der Waals surface area (Å²) < 4.78 is 39.4. The maximum absolute atomic E-state index is 13.4. The molecule has 0 heterocycles. The molecule has 0 saturated carbocycles. The van der Waals surface area contributed by atoms with Gasteiger partial charge in [0.05, 0.1) is 16.9 Å². The van der Waals surface area contributed by atoms with Gasteiger partial charge >= 0.3 is 5.97 Å². The number of benzene rings is 2. The van der Waals surface area contributed by atoms with E-state index >= 15 is 0 Å². The second-order valence-electron chi connectivity index (χ2n) is 3.74. The van der Waals surface area contributed by atoms with Crippen molar-refractivity contribution in [1.29, 1.82) is 0 Å². The molecule has 6 heteroatoms. The summed E-state index contributed by atoms with van der Waals surface area (Å²) in [6.07, 6.45) is 0. The minimum absolute atomic E-state index is 0.0293. The summed E-state index contributed by atoms with van der Waals surface area (Å²) in [7, 11) is 0. The number of anilines is 2. The first-order valence-corrected chi connectivity index (χ1v) is 5.22. The van der Waals surface area contributed by atoms with Gasteiger partial charge in [0.2, 0.25) is 0 Å². The maximum Gasteiger partial charge on any atom is 0.337 e. The summed E-state index contributed by atoms with van der Waals surface area (Å²) >= 11 is 0. The largest absolute Gasteiger partial charge is 0.478 e. The molecule has 2 N–H and O–H groups in total. The second kappa shape index (κ2) is 5.01. The van der Waals surface area contributed by atoms with E-state index in [1.807, 2.05) is 0 Å². The van der Waals surface area contributed by atoms with Gasteiger partial charge in [-0.3, -0.25) is 0 Å². The van der Waals surface area contributed by atoms with Gasteiger partial charge in [-0.05, 0) is 30.3 Å². The summed E-state index contributed by atoms with van der Waals surface area (Å²) in [6, 6.07) is 5.67. The van der Waals surface area contributed by atoms with Gasteiger partial charge in [0.15, 0.2) is 0 Å². The van der Waals surface area contributed by atoms with Crippen LogP contribution in [0, 0.1) is 17.5 Å². The van der Waals surface area contributed by atoms with Crippen LogP contribution in [-0.4, -0.2) is 11.1 Å². The fraction of sp³-hybridized carbons (Fsp3) is 0. The van der Waals surface area contributed by atoms with E-state index in [2.05, 4.69) is 5.32 Å². The Morgan fingerprint density at radius 3 is 2.26 bits per heavy atom. The molecule has 2 aromatic rings. The molecular formula is C13H8F3NO2. The fourth-order valence-electron chi connectivity index (χ4n) is 1.54. The Labute approximate surface area is 106 Å². The van der Waals surface area contributed by atoms with Crippen molar-refractivity contribution in [3.05, 3.63) is 59.4 Å². The molecule has 0 aliphatic rings. The zero-order valence-electron chi connectivity index (χ0n) is 9.45. The van der Waals surface area contributed by atoms with Crippen LogP contribution in [0.5, 0.6) is 0 Å². The first kappa shape index (κ1) is 12.9. The van der Waals surface area contributed by atoms with Crippen molar-refractivity contribution < 1.29 is 23.1 Å². The van der Waals surface area contributed by atoms with Gasteiger partial charge in [-0.15, -0.1) is 0 Å². The highest BCUT2D eigenvalue weighted by atomic mass is 19.1. The smallest absolute Gasteiger partial charge is 0.337 e. The van der Waals surface area contributed by atoms with Crippen LogP contribution in [0.1, 0.15) is 10.4 Å². The molecule has 0 bridgehead atoms. The Balaban J connectivity index is 2.43. The van der Waals surface area contributed by atoms with Crippen LogP contribution in [0.4, 0.5) is 24.5 Å². The van der Waals surface area contributed by atoms with E-state index in [1.54, 1.807) is 0 Å². The van der Waals surface area contributed by atoms with Crippen molar-refractivity contribution in [2.45, 2.75) is 0 Å². The van der Waals surface area contributed by atoms with Gasteiger partial charge in [-0.25, -0.2) is 18.0 Å². The van der Waals surface area contributed by atoms with Crippen LogP contribution < -0.4 is 5.32 Å². The predicted molar refractivity (Wildman–Crippen MR) is 63.0 cm³/mol. The summed E-state index contributed by atoms with van der Waals surface area (Å²) in [5.41, 5.74) is -0.629. The van der Waals surface area contributed by atoms with Crippen molar-refractivity contribution >= 4 is 17.3 Å². The van der Waals surface area contributed by atoms with Gasteiger partial charge in [-0.1, -0.05) is 0 Å². The molecule has 0 aliphatic carbocycles. The number of carboxylic acid groups (broad SMARTS) is 1. The zero-order valence-corrected chi connectivity index (χ0v) is 9.45. The molecule has 98 valence electrons. The van der Waals surface area contributed by atoms with Gasteiger partial charge in [0.1, 0.15) is 17.5 Å². The maximum atomic E-state index is 13.4. The average molecular weight is 267 g/mol. The van der Waals surface area contributed by atoms with E-state index in [1.165, 1.54) is 0 Å². The molecule has 0 aliphatic heterocycles. The Hall–Kier alpha value is -2.50. The molecule has 0 fully saturated rings. The highest BCUT2D eigenvalue weighted by Crippen LogP contribution is 2.24.